The van der Waals surface area contributed by atoms with E-state index in [9.17, 15) is 14.4 Å². The molecule has 1 aromatic rings. The molecule has 0 N–H and O–H groups in total. The van der Waals surface area contributed by atoms with Gasteiger partial charge in [-0.25, -0.2) is 4.79 Å². The summed E-state index contributed by atoms with van der Waals surface area (Å²) in [4.78, 5) is 39.5. The smallest absolute Gasteiger partial charge is 0.330 e. The zero-order chi connectivity index (χ0) is 13.4. The molecule has 1 aliphatic carbocycles. The van der Waals surface area contributed by atoms with E-state index < -0.39 is 17.8 Å². The van der Waals surface area contributed by atoms with Crippen molar-refractivity contribution in [3.05, 3.63) is 35.9 Å². The van der Waals surface area contributed by atoms with Crippen LogP contribution in [-0.2, 0) is 19.2 Å². The molecule has 1 aliphatic heterocycles. The van der Waals surface area contributed by atoms with Crippen molar-refractivity contribution in [2.75, 3.05) is 0 Å². The fourth-order valence-corrected chi connectivity index (χ4v) is 2.34. The number of amides is 2. The van der Waals surface area contributed by atoms with Crippen LogP contribution in [0.25, 0.3) is 0 Å². The van der Waals surface area contributed by atoms with E-state index in [1.807, 2.05) is 30.3 Å². The van der Waals surface area contributed by atoms with Crippen molar-refractivity contribution < 1.29 is 19.2 Å². The Morgan fingerprint density at radius 1 is 1.11 bits per heavy atom. The van der Waals surface area contributed by atoms with Crippen molar-refractivity contribution in [1.29, 1.82) is 0 Å². The predicted molar refractivity (Wildman–Crippen MR) is 64.5 cm³/mol. The molecule has 2 aliphatic rings. The molecule has 0 radical (unpaired) electrons. The molecule has 1 heterocycles. The SMILES string of the molecule is O=C(ON1C(=O)CCC1=O)[C@@H]1C[C@H]1c1ccccc1. The lowest BCUT2D eigenvalue weighted by Gasteiger charge is -2.12. The van der Waals surface area contributed by atoms with Crippen LogP contribution in [0.5, 0.6) is 0 Å². The number of nitrogens with zero attached hydrogens (tertiary/aromatic N) is 1. The molecule has 5 nitrogen and oxygen atoms in total. The molecule has 3 rings (SSSR count). The third-order valence-electron chi connectivity index (χ3n) is 3.51. The van der Waals surface area contributed by atoms with E-state index in [2.05, 4.69) is 0 Å². The van der Waals surface area contributed by atoms with Crippen LogP contribution in [0.2, 0.25) is 0 Å². The average molecular weight is 259 g/mol. The highest BCUT2D eigenvalue weighted by atomic mass is 16.7. The van der Waals surface area contributed by atoms with E-state index in [4.69, 9.17) is 4.84 Å². The zero-order valence-electron chi connectivity index (χ0n) is 10.2. The third kappa shape index (κ3) is 2.23. The van der Waals surface area contributed by atoms with Crippen molar-refractivity contribution in [3.8, 4) is 0 Å². The zero-order valence-corrected chi connectivity index (χ0v) is 10.2. The first-order valence-corrected chi connectivity index (χ1v) is 6.29. The summed E-state index contributed by atoms with van der Waals surface area (Å²) in [6.07, 6.45) is 0.955. The second-order valence-electron chi connectivity index (χ2n) is 4.85. The summed E-state index contributed by atoms with van der Waals surface area (Å²) in [6, 6.07) is 9.68. The second kappa shape index (κ2) is 4.50. The number of carbonyl (C=O) groups is 3. The van der Waals surface area contributed by atoms with E-state index in [1.165, 1.54) is 0 Å². The molecule has 2 fully saturated rings. The first kappa shape index (κ1) is 11.9. The minimum Gasteiger partial charge on any atom is -0.330 e. The van der Waals surface area contributed by atoms with Gasteiger partial charge in [-0.3, -0.25) is 9.59 Å². The monoisotopic (exact) mass is 259 g/mol. The average Bonchev–Trinajstić information content (AvgIpc) is 3.17. The van der Waals surface area contributed by atoms with E-state index >= 15 is 0 Å². The van der Waals surface area contributed by atoms with Gasteiger partial charge in [-0.05, 0) is 17.9 Å². The second-order valence-corrected chi connectivity index (χ2v) is 4.85. The number of carbonyl (C=O) groups excluding carboxylic acids is 3. The fraction of sp³-hybridized carbons (Fsp3) is 0.357. The quantitative estimate of drug-likeness (QED) is 0.770. The van der Waals surface area contributed by atoms with Gasteiger partial charge in [0.25, 0.3) is 11.8 Å². The van der Waals surface area contributed by atoms with Gasteiger partial charge in [0.2, 0.25) is 0 Å². The molecule has 1 saturated heterocycles. The standard InChI is InChI=1S/C14H13NO4/c16-12-6-7-13(17)15(12)19-14(18)11-8-10(11)9-4-2-1-3-5-9/h1-5,10-11H,6-8H2/t10-,11+/m0/s1. The first-order valence-electron chi connectivity index (χ1n) is 6.29. The summed E-state index contributed by atoms with van der Waals surface area (Å²) in [5, 5.41) is 0.614. The van der Waals surface area contributed by atoms with Gasteiger partial charge >= 0.3 is 5.97 Å². The lowest BCUT2D eigenvalue weighted by Crippen LogP contribution is -2.32. The van der Waals surface area contributed by atoms with Gasteiger partial charge in [0.15, 0.2) is 0 Å². The Kier molecular flexibility index (Phi) is 2.81. The van der Waals surface area contributed by atoms with E-state index in [0.717, 1.165) is 5.56 Å². The van der Waals surface area contributed by atoms with Gasteiger partial charge in [0.1, 0.15) is 0 Å². The van der Waals surface area contributed by atoms with Crippen molar-refractivity contribution in [3.63, 3.8) is 0 Å². The van der Waals surface area contributed by atoms with Crippen molar-refractivity contribution >= 4 is 17.8 Å². The van der Waals surface area contributed by atoms with Gasteiger partial charge in [0.05, 0.1) is 5.92 Å². The van der Waals surface area contributed by atoms with E-state index in [1.54, 1.807) is 0 Å². The number of benzene rings is 1. The number of rotatable bonds is 3. The van der Waals surface area contributed by atoms with Crippen LogP contribution in [0.4, 0.5) is 0 Å². The molecule has 1 saturated carbocycles. The highest BCUT2D eigenvalue weighted by Crippen LogP contribution is 2.48. The minimum atomic E-state index is -0.488. The fourth-order valence-electron chi connectivity index (χ4n) is 2.34. The summed E-state index contributed by atoms with van der Waals surface area (Å²) in [5.74, 6) is -1.46. The van der Waals surface area contributed by atoms with Gasteiger partial charge in [-0.15, -0.1) is 5.06 Å². The van der Waals surface area contributed by atoms with Crippen molar-refractivity contribution in [2.45, 2.75) is 25.2 Å². The largest absolute Gasteiger partial charge is 0.336 e. The van der Waals surface area contributed by atoms with Crippen LogP contribution in [0.15, 0.2) is 30.3 Å². The highest BCUT2D eigenvalue weighted by molar-refractivity contribution is 6.01. The lowest BCUT2D eigenvalue weighted by molar-refractivity contribution is -0.198. The molecular weight excluding hydrogens is 246 g/mol. The van der Waals surface area contributed by atoms with Crippen LogP contribution < -0.4 is 0 Å². The Morgan fingerprint density at radius 3 is 2.37 bits per heavy atom. The summed E-state index contributed by atoms with van der Waals surface area (Å²) in [5.41, 5.74) is 1.09. The molecule has 5 heteroatoms. The summed E-state index contributed by atoms with van der Waals surface area (Å²) in [6.45, 7) is 0. The van der Waals surface area contributed by atoms with Gasteiger partial charge < -0.3 is 4.84 Å². The Balaban J connectivity index is 1.61. The molecule has 0 unspecified atom stereocenters. The molecule has 2 amide bonds. The van der Waals surface area contributed by atoms with Crippen molar-refractivity contribution in [2.24, 2.45) is 5.92 Å². The maximum absolute atomic E-state index is 11.9. The minimum absolute atomic E-state index is 0.124. The molecule has 0 aromatic heterocycles. The number of hydrogen-bond donors (Lipinski definition) is 0. The van der Waals surface area contributed by atoms with Crippen LogP contribution in [0.3, 0.4) is 0 Å². The molecule has 1 aromatic carbocycles. The van der Waals surface area contributed by atoms with Crippen molar-refractivity contribution in [1.82, 2.24) is 5.06 Å². The maximum Gasteiger partial charge on any atom is 0.336 e. The maximum atomic E-state index is 11.9. The predicted octanol–water partition coefficient (Wildman–Crippen LogP) is 1.40. The third-order valence-corrected chi connectivity index (χ3v) is 3.51. The summed E-state index contributed by atoms with van der Waals surface area (Å²) >= 11 is 0. The molecule has 2 atom stereocenters. The molecular formula is C14H13NO4. The van der Waals surface area contributed by atoms with E-state index in [-0.39, 0.29) is 24.7 Å². The molecule has 0 spiro atoms. The Morgan fingerprint density at radius 2 is 1.74 bits per heavy atom. The van der Waals surface area contributed by atoms with E-state index in [0.29, 0.717) is 11.5 Å². The normalized spacial score (nSPS) is 25.6. The molecule has 98 valence electrons. The van der Waals surface area contributed by atoms with Gasteiger partial charge in [0, 0.05) is 12.8 Å². The Labute approximate surface area is 110 Å². The van der Waals surface area contributed by atoms with Gasteiger partial charge in [-0.2, -0.15) is 0 Å². The topological polar surface area (TPSA) is 63.7 Å². The Bertz CT molecular complexity index is 524. The highest BCUT2D eigenvalue weighted by Gasteiger charge is 2.47. The summed E-state index contributed by atoms with van der Waals surface area (Å²) in [7, 11) is 0. The number of hydroxylamine groups is 2. The number of hydrogen-bond acceptors (Lipinski definition) is 4. The first-order chi connectivity index (χ1) is 9.16. The molecule has 0 bridgehead atoms. The Hall–Kier alpha value is -2.17. The van der Waals surface area contributed by atoms with Gasteiger partial charge in [-0.1, -0.05) is 30.3 Å². The summed E-state index contributed by atoms with van der Waals surface area (Å²) < 4.78 is 0. The van der Waals surface area contributed by atoms with Crippen LogP contribution in [-0.4, -0.2) is 22.8 Å². The van der Waals surface area contributed by atoms with Crippen LogP contribution >= 0.6 is 0 Å². The van der Waals surface area contributed by atoms with Crippen LogP contribution in [0.1, 0.15) is 30.7 Å². The van der Waals surface area contributed by atoms with Crippen LogP contribution in [0, 0.1) is 5.92 Å². The molecule has 19 heavy (non-hydrogen) atoms. The number of imide groups is 1. The lowest BCUT2D eigenvalue weighted by atomic mass is 10.1.